The predicted octanol–water partition coefficient (Wildman–Crippen LogP) is 4.30. The smallest absolute Gasteiger partial charge is 0.333 e. The minimum atomic E-state index is -0.824. The number of nitrogens with zero attached hydrogens (tertiary/aromatic N) is 1. The van der Waals surface area contributed by atoms with Gasteiger partial charge < -0.3 is 9.64 Å². The summed E-state index contributed by atoms with van der Waals surface area (Å²) in [5.41, 5.74) is 1.22. The zero-order chi connectivity index (χ0) is 18.4. The average molecular weight is 380 g/mol. The van der Waals surface area contributed by atoms with Crippen molar-refractivity contribution in [3.63, 3.8) is 0 Å². The number of hydrogen-bond acceptors (Lipinski definition) is 3. The fraction of sp³-hybridized carbons (Fsp3) is 0.263. The van der Waals surface area contributed by atoms with Crippen molar-refractivity contribution >= 4 is 35.1 Å². The van der Waals surface area contributed by atoms with Crippen molar-refractivity contribution in [1.82, 2.24) is 4.90 Å². The SMILES string of the molecule is CCOC(=O)C(c1ccccc1)N(C)C(=O)Cc1c(Cl)cccc1Cl. The molecular formula is C19H19Cl2NO3. The second-order valence-electron chi connectivity index (χ2n) is 5.45. The maximum Gasteiger partial charge on any atom is 0.333 e. The monoisotopic (exact) mass is 379 g/mol. The highest BCUT2D eigenvalue weighted by molar-refractivity contribution is 6.36. The quantitative estimate of drug-likeness (QED) is 0.702. The highest BCUT2D eigenvalue weighted by Crippen LogP contribution is 2.27. The Bertz CT molecular complexity index is 729. The average Bonchev–Trinajstić information content (AvgIpc) is 2.59. The number of halogens is 2. The Hall–Kier alpha value is -2.04. The molecule has 4 nitrogen and oxygen atoms in total. The molecule has 0 saturated carbocycles. The van der Waals surface area contributed by atoms with Crippen molar-refractivity contribution in [2.45, 2.75) is 19.4 Å². The Labute approximate surface area is 157 Å². The number of ether oxygens (including phenoxy) is 1. The normalized spacial score (nSPS) is 11.7. The molecule has 2 rings (SSSR count). The van der Waals surface area contributed by atoms with Crippen LogP contribution in [0.15, 0.2) is 48.5 Å². The van der Waals surface area contributed by atoms with Crippen LogP contribution in [-0.2, 0) is 20.7 Å². The predicted molar refractivity (Wildman–Crippen MR) is 98.8 cm³/mol. The summed E-state index contributed by atoms with van der Waals surface area (Å²) in [6.07, 6.45) is -0.00224. The third kappa shape index (κ3) is 4.74. The number of rotatable bonds is 6. The van der Waals surface area contributed by atoms with Crippen molar-refractivity contribution in [2.24, 2.45) is 0 Å². The lowest BCUT2D eigenvalue weighted by molar-refractivity contribution is -0.154. The van der Waals surface area contributed by atoms with Crippen molar-refractivity contribution in [1.29, 1.82) is 0 Å². The molecule has 132 valence electrons. The second kappa shape index (κ2) is 8.88. The van der Waals surface area contributed by atoms with Gasteiger partial charge in [-0.2, -0.15) is 0 Å². The minimum absolute atomic E-state index is 0.00224. The van der Waals surface area contributed by atoms with Gasteiger partial charge in [0.2, 0.25) is 5.91 Å². The van der Waals surface area contributed by atoms with E-state index in [1.807, 2.05) is 18.2 Å². The van der Waals surface area contributed by atoms with E-state index in [1.165, 1.54) is 4.90 Å². The van der Waals surface area contributed by atoms with Crippen LogP contribution in [0.3, 0.4) is 0 Å². The summed E-state index contributed by atoms with van der Waals surface area (Å²) in [5.74, 6) is -0.758. The lowest BCUT2D eigenvalue weighted by Gasteiger charge is -2.27. The molecular weight excluding hydrogens is 361 g/mol. The van der Waals surface area contributed by atoms with E-state index in [1.54, 1.807) is 44.3 Å². The van der Waals surface area contributed by atoms with Gasteiger partial charge in [-0.15, -0.1) is 0 Å². The third-order valence-electron chi connectivity index (χ3n) is 3.80. The van der Waals surface area contributed by atoms with Crippen molar-refractivity contribution in [3.05, 3.63) is 69.7 Å². The lowest BCUT2D eigenvalue weighted by Crippen LogP contribution is -2.37. The molecule has 2 aromatic rings. The van der Waals surface area contributed by atoms with Gasteiger partial charge in [0.15, 0.2) is 6.04 Å². The van der Waals surface area contributed by atoms with Crippen LogP contribution in [0.4, 0.5) is 0 Å². The molecule has 0 aliphatic heterocycles. The fourth-order valence-electron chi connectivity index (χ4n) is 2.50. The van der Waals surface area contributed by atoms with Gasteiger partial charge in [-0.1, -0.05) is 59.6 Å². The zero-order valence-electron chi connectivity index (χ0n) is 14.0. The lowest BCUT2D eigenvalue weighted by atomic mass is 10.0. The molecule has 0 fully saturated rings. The van der Waals surface area contributed by atoms with Crippen LogP contribution in [0, 0.1) is 0 Å². The summed E-state index contributed by atoms with van der Waals surface area (Å²) in [6.45, 7) is 1.96. The molecule has 0 aromatic heterocycles. The first-order chi connectivity index (χ1) is 12.0. The van der Waals surface area contributed by atoms with Gasteiger partial charge in [-0.25, -0.2) is 4.79 Å². The van der Waals surface area contributed by atoms with Crippen LogP contribution in [0.25, 0.3) is 0 Å². The molecule has 0 radical (unpaired) electrons. The Kier molecular flexibility index (Phi) is 6.85. The topological polar surface area (TPSA) is 46.6 Å². The summed E-state index contributed by atoms with van der Waals surface area (Å²) in [4.78, 5) is 26.5. The maximum atomic E-state index is 12.7. The van der Waals surface area contributed by atoms with Crippen molar-refractivity contribution in [2.75, 3.05) is 13.7 Å². The van der Waals surface area contributed by atoms with Crippen LogP contribution >= 0.6 is 23.2 Å². The van der Waals surface area contributed by atoms with Gasteiger partial charge in [0.1, 0.15) is 0 Å². The number of likely N-dealkylation sites (N-methyl/N-ethyl adjacent to an activating group) is 1. The van der Waals surface area contributed by atoms with Crippen LogP contribution in [0.2, 0.25) is 10.0 Å². The summed E-state index contributed by atoms with van der Waals surface area (Å²) >= 11 is 12.3. The van der Waals surface area contributed by atoms with E-state index < -0.39 is 12.0 Å². The Morgan fingerprint density at radius 1 is 1.04 bits per heavy atom. The summed E-state index contributed by atoms with van der Waals surface area (Å²) in [5, 5.41) is 0.836. The first-order valence-corrected chi connectivity index (χ1v) is 8.61. The fourth-order valence-corrected chi connectivity index (χ4v) is 3.03. The molecule has 0 saturated heterocycles. The molecule has 0 N–H and O–H groups in total. The number of carbonyl (C=O) groups excluding carboxylic acids is 2. The van der Waals surface area contributed by atoms with Gasteiger partial charge in [0.25, 0.3) is 0 Å². The van der Waals surface area contributed by atoms with Gasteiger partial charge in [0.05, 0.1) is 13.0 Å². The molecule has 6 heteroatoms. The van der Waals surface area contributed by atoms with Gasteiger partial charge in [0, 0.05) is 17.1 Å². The molecule has 1 atom stereocenters. The summed E-state index contributed by atoms with van der Waals surface area (Å²) in [6, 6.07) is 13.3. The van der Waals surface area contributed by atoms with Crippen molar-refractivity contribution in [3.8, 4) is 0 Å². The number of amides is 1. The molecule has 25 heavy (non-hydrogen) atoms. The maximum absolute atomic E-state index is 12.7. The largest absolute Gasteiger partial charge is 0.464 e. The standard InChI is InChI=1S/C19H19Cl2NO3/c1-3-25-19(24)18(13-8-5-4-6-9-13)22(2)17(23)12-14-15(20)10-7-11-16(14)21/h4-11,18H,3,12H2,1-2H3. The highest BCUT2D eigenvalue weighted by atomic mass is 35.5. The number of benzene rings is 2. The first kappa shape index (κ1) is 19.3. The number of esters is 1. The van der Waals surface area contributed by atoms with E-state index in [0.717, 1.165) is 0 Å². The Morgan fingerprint density at radius 2 is 1.64 bits per heavy atom. The van der Waals surface area contributed by atoms with Gasteiger partial charge in [-0.05, 0) is 30.2 Å². The Morgan fingerprint density at radius 3 is 2.20 bits per heavy atom. The zero-order valence-corrected chi connectivity index (χ0v) is 15.6. The summed E-state index contributed by atoms with van der Waals surface area (Å²) in [7, 11) is 1.57. The van der Waals surface area contributed by atoms with Crippen LogP contribution in [-0.4, -0.2) is 30.4 Å². The molecule has 0 bridgehead atoms. The minimum Gasteiger partial charge on any atom is -0.464 e. The first-order valence-electron chi connectivity index (χ1n) is 7.85. The number of carbonyl (C=O) groups is 2. The molecule has 0 spiro atoms. The summed E-state index contributed by atoms with van der Waals surface area (Å²) < 4.78 is 5.14. The second-order valence-corrected chi connectivity index (χ2v) is 6.26. The Balaban J connectivity index is 2.28. The van der Waals surface area contributed by atoms with Gasteiger partial charge in [-0.3, -0.25) is 4.79 Å². The van der Waals surface area contributed by atoms with Crippen LogP contribution in [0.5, 0.6) is 0 Å². The highest BCUT2D eigenvalue weighted by Gasteiger charge is 2.30. The molecule has 0 aliphatic carbocycles. The third-order valence-corrected chi connectivity index (χ3v) is 4.50. The molecule has 2 aromatic carbocycles. The number of hydrogen-bond donors (Lipinski definition) is 0. The van der Waals surface area contributed by atoms with Crippen molar-refractivity contribution < 1.29 is 14.3 Å². The van der Waals surface area contributed by atoms with Crippen LogP contribution in [0.1, 0.15) is 24.1 Å². The van der Waals surface area contributed by atoms with E-state index in [0.29, 0.717) is 21.2 Å². The molecule has 1 amide bonds. The van der Waals surface area contributed by atoms with Crippen LogP contribution < -0.4 is 0 Å². The molecule has 0 aliphatic rings. The van der Waals surface area contributed by atoms with E-state index in [4.69, 9.17) is 27.9 Å². The van der Waals surface area contributed by atoms with E-state index in [9.17, 15) is 9.59 Å². The van der Waals surface area contributed by atoms with E-state index in [-0.39, 0.29) is 18.9 Å². The van der Waals surface area contributed by atoms with Gasteiger partial charge >= 0.3 is 5.97 Å². The molecule has 0 heterocycles. The van der Waals surface area contributed by atoms with E-state index >= 15 is 0 Å². The molecule has 1 unspecified atom stereocenters. The van der Waals surface area contributed by atoms with E-state index in [2.05, 4.69) is 0 Å².